The van der Waals surface area contributed by atoms with Crippen LogP contribution in [0.4, 0.5) is 0 Å². The predicted molar refractivity (Wildman–Crippen MR) is 41.5 cm³/mol. The van der Waals surface area contributed by atoms with Crippen molar-refractivity contribution in [2.45, 2.75) is 19.1 Å². The van der Waals surface area contributed by atoms with Gasteiger partial charge >= 0.3 is 5.97 Å². The summed E-state index contributed by atoms with van der Waals surface area (Å²) in [4.78, 5) is 10.6. The molecule has 0 aliphatic rings. The van der Waals surface area contributed by atoms with E-state index in [1.165, 1.54) is 0 Å². The molecule has 10 heavy (non-hydrogen) atoms. The highest BCUT2D eigenvalue weighted by Gasteiger charge is 2.07. The Balaban J connectivity index is 3.47. The van der Waals surface area contributed by atoms with Crippen molar-refractivity contribution < 1.29 is 9.53 Å². The third kappa shape index (κ3) is 4.28. The molecule has 0 spiro atoms. The molecule has 0 aromatic carbocycles. The fourth-order valence-electron chi connectivity index (χ4n) is 0.297. The van der Waals surface area contributed by atoms with Gasteiger partial charge in [0.05, 0.1) is 0 Å². The molecule has 0 amide bonds. The van der Waals surface area contributed by atoms with Crippen LogP contribution in [0.5, 0.6) is 0 Å². The van der Waals surface area contributed by atoms with Crippen LogP contribution in [0.3, 0.4) is 0 Å². The van der Waals surface area contributed by atoms with Gasteiger partial charge in [-0.05, 0) is 13.8 Å². The zero-order chi connectivity index (χ0) is 7.98. The lowest BCUT2D eigenvalue weighted by Crippen LogP contribution is -2.14. The zero-order valence-electron chi connectivity index (χ0n) is 6.01. The van der Waals surface area contributed by atoms with Crippen LogP contribution in [0.2, 0.25) is 0 Å². The minimum Gasteiger partial charge on any atom is -0.452 e. The molecule has 2 nitrogen and oxygen atoms in total. The molecule has 0 aliphatic heterocycles. The summed E-state index contributed by atoms with van der Waals surface area (Å²) < 4.78 is 4.63. The maximum absolute atomic E-state index is 10.6. The van der Waals surface area contributed by atoms with Crippen molar-refractivity contribution in [3.8, 4) is 11.8 Å². The van der Waals surface area contributed by atoms with E-state index in [4.69, 9.17) is 0 Å². The summed E-state index contributed by atoms with van der Waals surface area (Å²) in [5, 5.41) is -0.473. The second-order valence-corrected chi connectivity index (χ2v) is 2.38. The molecule has 0 bridgehead atoms. The van der Waals surface area contributed by atoms with Gasteiger partial charge in [-0.1, -0.05) is 18.5 Å². The van der Waals surface area contributed by atoms with E-state index in [0.717, 1.165) is 0 Å². The van der Waals surface area contributed by atoms with E-state index in [1.807, 2.05) is 0 Å². The molecule has 0 fully saturated rings. The lowest BCUT2D eigenvalue weighted by atomic mass is 10.5. The largest absolute Gasteiger partial charge is 0.452 e. The number of hydrogen-bond donors (Lipinski definition) is 0. The number of hydrogen-bond acceptors (Lipinski definition) is 2. The van der Waals surface area contributed by atoms with Gasteiger partial charge < -0.3 is 4.74 Å². The first-order chi connectivity index (χ1) is 4.68. The van der Waals surface area contributed by atoms with Gasteiger partial charge in [0.1, 0.15) is 5.25 Å². The van der Waals surface area contributed by atoms with Crippen LogP contribution in [-0.4, -0.2) is 17.8 Å². The van der Waals surface area contributed by atoms with Crippen LogP contribution in [-0.2, 0) is 9.53 Å². The highest BCUT2D eigenvalue weighted by atomic mass is 32.1. The first-order valence-electron chi connectivity index (χ1n) is 2.90. The molecule has 0 rings (SSSR count). The summed E-state index contributed by atoms with van der Waals surface area (Å²) in [6, 6.07) is 0. The average molecular weight is 157 g/mol. The Labute approximate surface area is 66.4 Å². The number of carbonyl (C=O) groups is 1. The average Bonchev–Trinajstić information content (AvgIpc) is 1.88. The Kier molecular flexibility index (Phi) is 4.87. The van der Waals surface area contributed by atoms with Crippen molar-refractivity contribution in [2.75, 3.05) is 6.61 Å². The maximum Gasteiger partial charge on any atom is 0.320 e. The Bertz CT molecular complexity index is 164. The Morgan fingerprint density at radius 1 is 1.80 bits per heavy atom. The lowest BCUT2D eigenvalue weighted by molar-refractivity contribution is -0.141. The van der Waals surface area contributed by atoms with E-state index >= 15 is 0 Å². The molecular formula is C7H9O2S. The third-order valence-electron chi connectivity index (χ3n) is 0.795. The molecule has 0 saturated heterocycles. The molecule has 1 radical (unpaired) electrons. The van der Waals surface area contributed by atoms with E-state index in [9.17, 15) is 4.79 Å². The summed E-state index contributed by atoms with van der Waals surface area (Å²) in [6.07, 6.45) is 0. The van der Waals surface area contributed by atoms with E-state index in [0.29, 0.717) is 0 Å². The summed E-state index contributed by atoms with van der Waals surface area (Å²) >= 11 is 4.63. The topological polar surface area (TPSA) is 26.3 Å². The van der Waals surface area contributed by atoms with Crippen LogP contribution < -0.4 is 0 Å². The number of carbonyl (C=O) groups excluding carboxylic acids is 1. The molecular weight excluding hydrogens is 148 g/mol. The Morgan fingerprint density at radius 3 is 2.80 bits per heavy atom. The molecule has 0 aliphatic carbocycles. The van der Waals surface area contributed by atoms with E-state index in [1.54, 1.807) is 13.8 Å². The van der Waals surface area contributed by atoms with Crippen molar-refractivity contribution in [3.63, 3.8) is 0 Å². The molecule has 1 unspecified atom stereocenters. The van der Waals surface area contributed by atoms with Gasteiger partial charge in [0, 0.05) is 0 Å². The fraction of sp³-hybridized carbons (Fsp3) is 0.571. The van der Waals surface area contributed by atoms with Crippen LogP contribution in [0, 0.1) is 11.8 Å². The van der Waals surface area contributed by atoms with Gasteiger partial charge in [0.15, 0.2) is 6.61 Å². The number of rotatable bonds is 2. The summed E-state index contributed by atoms with van der Waals surface area (Å²) in [6.45, 7) is 3.44. The van der Waals surface area contributed by atoms with Gasteiger partial charge in [-0.25, -0.2) is 0 Å². The monoisotopic (exact) mass is 157 g/mol. The molecule has 55 valence electrons. The fourth-order valence-corrected chi connectivity index (χ4v) is 0.365. The van der Waals surface area contributed by atoms with Crippen molar-refractivity contribution >= 4 is 18.6 Å². The normalized spacial score (nSPS) is 11.1. The number of ether oxygens (including phenoxy) is 1. The highest BCUT2D eigenvalue weighted by Crippen LogP contribution is 1.94. The summed E-state index contributed by atoms with van der Waals surface area (Å²) in [5.74, 6) is 4.82. The molecule has 0 heterocycles. The van der Waals surface area contributed by atoms with Crippen molar-refractivity contribution in [1.29, 1.82) is 0 Å². The smallest absolute Gasteiger partial charge is 0.320 e. The zero-order valence-corrected chi connectivity index (χ0v) is 6.83. The molecule has 1 atom stereocenters. The Hall–Kier alpha value is -0.620. The SMILES string of the molecule is CC#CCOC(=O)C(C)[S]. The minimum absolute atomic E-state index is 0.149. The third-order valence-corrected chi connectivity index (χ3v) is 0.988. The summed E-state index contributed by atoms with van der Waals surface area (Å²) in [7, 11) is 0. The van der Waals surface area contributed by atoms with E-state index in [2.05, 4.69) is 29.2 Å². The molecule has 0 aromatic rings. The Morgan fingerprint density at radius 2 is 2.40 bits per heavy atom. The predicted octanol–water partition coefficient (Wildman–Crippen LogP) is 1.14. The van der Waals surface area contributed by atoms with E-state index < -0.39 is 5.25 Å². The van der Waals surface area contributed by atoms with Crippen molar-refractivity contribution in [2.24, 2.45) is 0 Å². The van der Waals surface area contributed by atoms with Crippen molar-refractivity contribution in [3.05, 3.63) is 0 Å². The van der Waals surface area contributed by atoms with Gasteiger partial charge in [-0.15, -0.1) is 5.92 Å². The van der Waals surface area contributed by atoms with Crippen LogP contribution in [0.25, 0.3) is 0 Å². The molecule has 0 N–H and O–H groups in total. The summed E-state index contributed by atoms with van der Waals surface area (Å²) in [5.41, 5.74) is 0. The molecule has 0 aromatic heterocycles. The quantitative estimate of drug-likeness (QED) is 0.444. The van der Waals surface area contributed by atoms with Gasteiger partial charge in [-0.2, -0.15) is 0 Å². The highest BCUT2D eigenvalue weighted by molar-refractivity contribution is 7.81. The van der Waals surface area contributed by atoms with Gasteiger partial charge in [0.2, 0.25) is 0 Å². The maximum atomic E-state index is 10.6. The first kappa shape index (κ1) is 9.38. The standard InChI is InChI=1S/C7H9O2S/c1-3-4-5-9-7(8)6(2)10/h6H,5H2,1-2H3. The first-order valence-corrected chi connectivity index (χ1v) is 3.37. The number of esters is 1. The van der Waals surface area contributed by atoms with Crippen LogP contribution in [0.1, 0.15) is 13.8 Å². The van der Waals surface area contributed by atoms with Crippen molar-refractivity contribution in [1.82, 2.24) is 0 Å². The van der Waals surface area contributed by atoms with Crippen LogP contribution in [0.15, 0.2) is 0 Å². The van der Waals surface area contributed by atoms with Gasteiger partial charge in [-0.3, -0.25) is 4.79 Å². The molecule has 3 heteroatoms. The minimum atomic E-state index is -0.473. The van der Waals surface area contributed by atoms with Crippen LogP contribution >= 0.6 is 12.6 Å². The van der Waals surface area contributed by atoms with E-state index in [-0.39, 0.29) is 12.6 Å². The second-order valence-electron chi connectivity index (χ2n) is 1.68. The lowest BCUT2D eigenvalue weighted by Gasteiger charge is -2.00. The van der Waals surface area contributed by atoms with Gasteiger partial charge in [0.25, 0.3) is 0 Å². The molecule has 0 saturated carbocycles. The second kappa shape index (κ2) is 5.19.